The SMILES string of the molecule is COC(=O)CCCN(C)Cc1nc(C)c2ccccc2n1. The van der Waals surface area contributed by atoms with Crippen molar-refractivity contribution in [3.8, 4) is 0 Å². The number of benzene rings is 1. The first-order valence-corrected chi connectivity index (χ1v) is 7.08. The van der Waals surface area contributed by atoms with Gasteiger partial charge in [-0.15, -0.1) is 0 Å². The Kier molecular flexibility index (Phi) is 5.22. The van der Waals surface area contributed by atoms with Crippen LogP contribution in [0.2, 0.25) is 0 Å². The summed E-state index contributed by atoms with van der Waals surface area (Å²) in [4.78, 5) is 22.3. The van der Waals surface area contributed by atoms with Crippen molar-refractivity contribution >= 4 is 16.9 Å². The second-order valence-electron chi connectivity index (χ2n) is 5.16. The van der Waals surface area contributed by atoms with Gasteiger partial charge in [0.15, 0.2) is 0 Å². The number of nitrogens with zero attached hydrogens (tertiary/aromatic N) is 3. The van der Waals surface area contributed by atoms with Gasteiger partial charge in [-0.2, -0.15) is 0 Å². The molecule has 0 saturated heterocycles. The van der Waals surface area contributed by atoms with E-state index in [0.29, 0.717) is 13.0 Å². The van der Waals surface area contributed by atoms with E-state index in [9.17, 15) is 4.79 Å². The Labute approximate surface area is 125 Å². The van der Waals surface area contributed by atoms with Gasteiger partial charge in [0.2, 0.25) is 0 Å². The molecule has 1 heterocycles. The molecule has 0 spiro atoms. The number of hydrogen-bond acceptors (Lipinski definition) is 5. The molecule has 0 aliphatic carbocycles. The molecule has 1 aromatic heterocycles. The summed E-state index contributed by atoms with van der Waals surface area (Å²) in [5, 5.41) is 1.09. The van der Waals surface area contributed by atoms with Crippen molar-refractivity contribution in [3.05, 3.63) is 35.8 Å². The van der Waals surface area contributed by atoms with Crippen LogP contribution in [0.15, 0.2) is 24.3 Å². The first-order chi connectivity index (χ1) is 10.1. The molecule has 0 amide bonds. The minimum absolute atomic E-state index is 0.166. The lowest BCUT2D eigenvalue weighted by molar-refractivity contribution is -0.140. The number of aromatic nitrogens is 2. The average molecular weight is 287 g/mol. The largest absolute Gasteiger partial charge is 0.469 e. The predicted molar refractivity (Wildman–Crippen MR) is 81.9 cm³/mol. The van der Waals surface area contributed by atoms with Crippen molar-refractivity contribution in [1.29, 1.82) is 0 Å². The summed E-state index contributed by atoms with van der Waals surface area (Å²) < 4.78 is 4.63. The highest BCUT2D eigenvalue weighted by Crippen LogP contribution is 2.15. The Morgan fingerprint density at radius 2 is 2.05 bits per heavy atom. The summed E-state index contributed by atoms with van der Waals surface area (Å²) in [6.45, 7) is 3.49. The Hall–Kier alpha value is -2.01. The second kappa shape index (κ2) is 7.13. The van der Waals surface area contributed by atoms with Crippen LogP contribution in [0.3, 0.4) is 0 Å². The second-order valence-corrected chi connectivity index (χ2v) is 5.16. The number of para-hydroxylation sites is 1. The van der Waals surface area contributed by atoms with Crippen molar-refractivity contribution < 1.29 is 9.53 Å². The smallest absolute Gasteiger partial charge is 0.305 e. The van der Waals surface area contributed by atoms with E-state index in [2.05, 4.69) is 19.6 Å². The van der Waals surface area contributed by atoms with E-state index < -0.39 is 0 Å². The van der Waals surface area contributed by atoms with E-state index in [4.69, 9.17) is 0 Å². The zero-order chi connectivity index (χ0) is 15.2. The van der Waals surface area contributed by atoms with Crippen LogP contribution >= 0.6 is 0 Å². The Balaban J connectivity index is 1.97. The van der Waals surface area contributed by atoms with Crippen LogP contribution in [-0.4, -0.2) is 41.5 Å². The van der Waals surface area contributed by atoms with E-state index in [1.807, 2.05) is 38.2 Å². The maximum absolute atomic E-state index is 11.1. The fraction of sp³-hybridized carbons (Fsp3) is 0.438. The minimum atomic E-state index is -0.166. The predicted octanol–water partition coefficient (Wildman–Crippen LogP) is 2.32. The zero-order valence-electron chi connectivity index (χ0n) is 12.8. The van der Waals surface area contributed by atoms with Crippen LogP contribution in [0.25, 0.3) is 10.9 Å². The normalized spacial score (nSPS) is 11.0. The first-order valence-electron chi connectivity index (χ1n) is 7.08. The number of aryl methyl sites for hydroxylation is 1. The molecular formula is C16H21N3O2. The van der Waals surface area contributed by atoms with Crippen molar-refractivity contribution in [2.24, 2.45) is 0 Å². The van der Waals surface area contributed by atoms with Gasteiger partial charge in [-0.25, -0.2) is 9.97 Å². The molecule has 0 bridgehead atoms. The third-order valence-corrected chi connectivity index (χ3v) is 3.40. The monoisotopic (exact) mass is 287 g/mol. The van der Waals surface area contributed by atoms with Crippen LogP contribution in [0.5, 0.6) is 0 Å². The van der Waals surface area contributed by atoms with Gasteiger partial charge < -0.3 is 4.74 Å². The van der Waals surface area contributed by atoms with Crippen LogP contribution in [0.1, 0.15) is 24.4 Å². The highest BCUT2D eigenvalue weighted by molar-refractivity contribution is 5.80. The first kappa shape index (κ1) is 15.4. The molecule has 0 saturated carbocycles. The van der Waals surface area contributed by atoms with E-state index in [1.54, 1.807) is 0 Å². The van der Waals surface area contributed by atoms with Gasteiger partial charge in [0.1, 0.15) is 5.82 Å². The summed E-state index contributed by atoms with van der Waals surface area (Å²) in [5.41, 5.74) is 1.97. The summed E-state index contributed by atoms with van der Waals surface area (Å²) in [5.74, 6) is 0.646. The molecule has 2 rings (SSSR count). The van der Waals surface area contributed by atoms with E-state index in [1.165, 1.54) is 7.11 Å². The molecule has 2 aromatic rings. The quantitative estimate of drug-likeness (QED) is 0.763. The third kappa shape index (κ3) is 4.23. The molecule has 21 heavy (non-hydrogen) atoms. The lowest BCUT2D eigenvalue weighted by Gasteiger charge is -2.15. The van der Waals surface area contributed by atoms with Gasteiger partial charge in [0, 0.05) is 17.5 Å². The van der Waals surface area contributed by atoms with E-state index in [-0.39, 0.29) is 5.97 Å². The number of carbonyl (C=O) groups is 1. The van der Waals surface area contributed by atoms with Crippen molar-refractivity contribution in [1.82, 2.24) is 14.9 Å². The minimum Gasteiger partial charge on any atom is -0.469 e. The number of fused-ring (bicyclic) bond motifs is 1. The molecule has 112 valence electrons. The maximum Gasteiger partial charge on any atom is 0.305 e. The molecule has 0 radical (unpaired) electrons. The van der Waals surface area contributed by atoms with Crippen molar-refractivity contribution in [3.63, 3.8) is 0 Å². The number of hydrogen-bond donors (Lipinski definition) is 0. The molecule has 5 nitrogen and oxygen atoms in total. The van der Waals surface area contributed by atoms with Crippen LogP contribution in [0, 0.1) is 6.92 Å². The topological polar surface area (TPSA) is 55.3 Å². The lowest BCUT2D eigenvalue weighted by atomic mass is 10.2. The zero-order valence-corrected chi connectivity index (χ0v) is 12.8. The summed E-state index contributed by atoms with van der Waals surface area (Å²) in [6, 6.07) is 8.02. The Morgan fingerprint density at radius 3 is 2.81 bits per heavy atom. The number of ether oxygens (including phenoxy) is 1. The molecule has 0 aliphatic rings. The summed E-state index contributed by atoms with van der Waals surface area (Å²) in [6.07, 6.45) is 1.22. The van der Waals surface area contributed by atoms with Crippen molar-refractivity contribution in [2.75, 3.05) is 20.7 Å². The number of carbonyl (C=O) groups excluding carboxylic acids is 1. The Morgan fingerprint density at radius 1 is 1.29 bits per heavy atom. The molecule has 0 fully saturated rings. The fourth-order valence-electron chi connectivity index (χ4n) is 2.28. The highest BCUT2D eigenvalue weighted by Gasteiger charge is 2.08. The Bertz CT molecular complexity index is 628. The van der Waals surface area contributed by atoms with Crippen LogP contribution in [-0.2, 0) is 16.1 Å². The van der Waals surface area contributed by atoms with Crippen LogP contribution < -0.4 is 0 Å². The average Bonchev–Trinajstić information content (AvgIpc) is 2.47. The highest BCUT2D eigenvalue weighted by atomic mass is 16.5. The van der Waals surface area contributed by atoms with Gasteiger partial charge in [0.05, 0.1) is 19.2 Å². The molecule has 0 aliphatic heterocycles. The number of esters is 1. The molecule has 1 aromatic carbocycles. The third-order valence-electron chi connectivity index (χ3n) is 3.40. The van der Waals surface area contributed by atoms with Gasteiger partial charge >= 0.3 is 5.97 Å². The van der Waals surface area contributed by atoms with Crippen LogP contribution in [0.4, 0.5) is 0 Å². The maximum atomic E-state index is 11.1. The number of rotatable bonds is 6. The van der Waals surface area contributed by atoms with Crippen molar-refractivity contribution in [2.45, 2.75) is 26.3 Å². The van der Waals surface area contributed by atoms with E-state index in [0.717, 1.165) is 35.4 Å². The number of methoxy groups -OCH3 is 1. The summed E-state index contributed by atoms with van der Waals surface area (Å²) in [7, 11) is 3.42. The fourth-order valence-corrected chi connectivity index (χ4v) is 2.28. The molecule has 0 atom stereocenters. The van der Waals surface area contributed by atoms with E-state index >= 15 is 0 Å². The summed E-state index contributed by atoms with van der Waals surface area (Å²) >= 11 is 0. The molecule has 0 unspecified atom stereocenters. The lowest BCUT2D eigenvalue weighted by Crippen LogP contribution is -2.21. The molecule has 5 heteroatoms. The van der Waals surface area contributed by atoms with Gasteiger partial charge in [-0.3, -0.25) is 9.69 Å². The standard InChI is InChI=1S/C16H21N3O2/c1-12-13-7-4-5-8-14(13)18-15(17-12)11-19(2)10-6-9-16(20)21-3/h4-5,7-8H,6,9-11H2,1-3H3. The van der Waals surface area contributed by atoms with Gasteiger partial charge in [-0.1, -0.05) is 18.2 Å². The van der Waals surface area contributed by atoms with Gasteiger partial charge in [-0.05, 0) is 33.0 Å². The molecular weight excluding hydrogens is 266 g/mol. The molecule has 0 N–H and O–H groups in total. The van der Waals surface area contributed by atoms with Gasteiger partial charge in [0.25, 0.3) is 0 Å².